The predicted molar refractivity (Wildman–Crippen MR) is 66.5 cm³/mol. The molecule has 0 saturated carbocycles. The zero-order valence-electron chi connectivity index (χ0n) is 11.1. The summed E-state index contributed by atoms with van der Waals surface area (Å²) in [7, 11) is 0. The summed E-state index contributed by atoms with van der Waals surface area (Å²) >= 11 is 0. The van der Waals surface area contributed by atoms with Gasteiger partial charge in [-0.1, -0.05) is 54.4 Å². The van der Waals surface area contributed by atoms with Crippen molar-refractivity contribution in [2.45, 2.75) is 67.2 Å². The van der Waals surface area contributed by atoms with Gasteiger partial charge in [-0.25, -0.2) is 0 Å². The average Bonchev–Trinajstić information content (AvgIpc) is 2.10. The minimum Gasteiger partial charge on any atom is -0.0651 e. The molecular formula is C14H30. The molecule has 0 heterocycles. The van der Waals surface area contributed by atoms with Gasteiger partial charge >= 0.3 is 0 Å². The maximum Gasteiger partial charge on any atom is -0.0386 e. The van der Waals surface area contributed by atoms with Crippen LogP contribution in [0.25, 0.3) is 0 Å². The zero-order chi connectivity index (χ0) is 11.1. The van der Waals surface area contributed by atoms with E-state index in [0.29, 0.717) is 0 Å². The molecule has 0 aliphatic rings. The largest absolute Gasteiger partial charge is 0.0651 e. The third-order valence-corrected chi connectivity index (χ3v) is 3.26. The molecule has 0 amide bonds. The third kappa shape index (κ3) is 5.67. The minimum absolute atomic E-state index is 0.862. The fourth-order valence-electron chi connectivity index (χ4n) is 2.60. The van der Waals surface area contributed by atoms with Gasteiger partial charge in [-0.2, -0.15) is 0 Å². The molecule has 0 radical (unpaired) electrons. The molecule has 2 atom stereocenters. The normalized spacial score (nSPS) is 16.3. The van der Waals surface area contributed by atoms with Gasteiger partial charge in [0.2, 0.25) is 0 Å². The average molecular weight is 198 g/mol. The summed E-state index contributed by atoms with van der Waals surface area (Å²) in [5.41, 5.74) is 0. The lowest BCUT2D eigenvalue weighted by Crippen LogP contribution is -2.17. The van der Waals surface area contributed by atoms with Crippen LogP contribution in [0.3, 0.4) is 0 Å². The van der Waals surface area contributed by atoms with Crippen LogP contribution in [0.1, 0.15) is 67.2 Å². The molecule has 0 aromatic rings. The summed E-state index contributed by atoms with van der Waals surface area (Å²) in [6, 6.07) is 0. The monoisotopic (exact) mass is 198 g/mol. The Morgan fingerprint density at radius 3 is 1.07 bits per heavy atom. The van der Waals surface area contributed by atoms with E-state index in [9.17, 15) is 0 Å². The first-order valence-corrected chi connectivity index (χ1v) is 6.51. The summed E-state index contributed by atoms with van der Waals surface area (Å²) in [4.78, 5) is 0. The Bertz CT molecular complexity index is 108. The third-order valence-electron chi connectivity index (χ3n) is 3.26. The Balaban J connectivity index is 4.14. The SMILES string of the molecule is CCC(CC(C)C)C(CC)CC(C)C. The van der Waals surface area contributed by atoms with E-state index >= 15 is 0 Å². The molecule has 0 nitrogen and oxygen atoms in total. The van der Waals surface area contributed by atoms with E-state index in [1.165, 1.54) is 25.7 Å². The summed E-state index contributed by atoms with van der Waals surface area (Å²) in [6.45, 7) is 14.1. The highest BCUT2D eigenvalue weighted by Crippen LogP contribution is 2.30. The second-order valence-corrected chi connectivity index (χ2v) is 5.60. The molecule has 0 aromatic carbocycles. The molecule has 0 saturated heterocycles. The van der Waals surface area contributed by atoms with Crippen LogP contribution in [-0.4, -0.2) is 0 Å². The van der Waals surface area contributed by atoms with E-state index in [2.05, 4.69) is 41.5 Å². The number of rotatable bonds is 7. The second kappa shape index (κ2) is 7.31. The lowest BCUT2D eigenvalue weighted by atomic mass is 9.78. The first kappa shape index (κ1) is 14.0. The Kier molecular flexibility index (Phi) is 7.31. The van der Waals surface area contributed by atoms with Gasteiger partial charge in [0.05, 0.1) is 0 Å². The molecule has 86 valence electrons. The van der Waals surface area contributed by atoms with Crippen molar-refractivity contribution < 1.29 is 0 Å². The van der Waals surface area contributed by atoms with Crippen molar-refractivity contribution in [2.24, 2.45) is 23.7 Å². The molecule has 0 rings (SSSR count). The van der Waals surface area contributed by atoms with Crippen LogP contribution in [0.2, 0.25) is 0 Å². The quantitative estimate of drug-likeness (QED) is 0.532. The first-order chi connectivity index (χ1) is 6.51. The van der Waals surface area contributed by atoms with Gasteiger partial charge in [-0.15, -0.1) is 0 Å². The highest BCUT2D eigenvalue weighted by Gasteiger charge is 2.20. The summed E-state index contributed by atoms with van der Waals surface area (Å²) in [5, 5.41) is 0. The van der Waals surface area contributed by atoms with Crippen molar-refractivity contribution >= 4 is 0 Å². The van der Waals surface area contributed by atoms with Crippen LogP contribution in [0.4, 0.5) is 0 Å². The smallest absolute Gasteiger partial charge is 0.0386 e. The molecule has 0 fully saturated rings. The van der Waals surface area contributed by atoms with Crippen LogP contribution < -0.4 is 0 Å². The lowest BCUT2D eigenvalue weighted by Gasteiger charge is -2.28. The number of hydrogen-bond acceptors (Lipinski definition) is 0. The molecule has 2 unspecified atom stereocenters. The van der Waals surface area contributed by atoms with Crippen molar-refractivity contribution in [2.75, 3.05) is 0 Å². The van der Waals surface area contributed by atoms with Crippen molar-refractivity contribution in [3.05, 3.63) is 0 Å². The Morgan fingerprint density at radius 1 is 0.643 bits per heavy atom. The van der Waals surface area contributed by atoms with Crippen LogP contribution >= 0.6 is 0 Å². The fourth-order valence-corrected chi connectivity index (χ4v) is 2.60. The second-order valence-electron chi connectivity index (χ2n) is 5.60. The molecule has 0 bridgehead atoms. The van der Waals surface area contributed by atoms with E-state index in [1.54, 1.807) is 0 Å². The summed E-state index contributed by atoms with van der Waals surface area (Å²) in [6.07, 6.45) is 5.57. The standard InChI is InChI=1S/C14H30/c1-7-13(9-11(3)4)14(8-2)10-12(5)6/h11-14H,7-10H2,1-6H3. The molecule has 0 aromatic heterocycles. The molecular weight excluding hydrogens is 168 g/mol. The zero-order valence-corrected chi connectivity index (χ0v) is 11.1. The highest BCUT2D eigenvalue weighted by molar-refractivity contribution is 4.70. The van der Waals surface area contributed by atoms with E-state index in [0.717, 1.165) is 23.7 Å². The summed E-state index contributed by atoms with van der Waals surface area (Å²) < 4.78 is 0. The molecule has 0 N–H and O–H groups in total. The van der Waals surface area contributed by atoms with Crippen LogP contribution in [0.15, 0.2) is 0 Å². The molecule has 14 heavy (non-hydrogen) atoms. The Hall–Kier alpha value is 0. The lowest BCUT2D eigenvalue weighted by molar-refractivity contribution is 0.230. The van der Waals surface area contributed by atoms with Gasteiger partial charge in [0.1, 0.15) is 0 Å². The maximum absolute atomic E-state index is 2.36. The topological polar surface area (TPSA) is 0 Å². The molecule has 0 aliphatic carbocycles. The van der Waals surface area contributed by atoms with E-state index < -0.39 is 0 Å². The maximum atomic E-state index is 2.36. The van der Waals surface area contributed by atoms with E-state index in [-0.39, 0.29) is 0 Å². The molecule has 0 aliphatic heterocycles. The van der Waals surface area contributed by atoms with Crippen molar-refractivity contribution in [1.29, 1.82) is 0 Å². The van der Waals surface area contributed by atoms with Gasteiger partial charge in [-0.05, 0) is 36.5 Å². The van der Waals surface area contributed by atoms with E-state index in [1.807, 2.05) is 0 Å². The van der Waals surface area contributed by atoms with E-state index in [4.69, 9.17) is 0 Å². The molecule has 0 heteroatoms. The van der Waals surface area contributed by atoms with Crippen LogP contribution in [0.5, 0.6) is 0 Å². The fraction of sp³-hybridized carbons (Fsp3) is 1.00. The summed E-state index contributed by atoms with van der Waals surface area (Å²) in [5.74, 6) is 3.65. The molecule has 0 spiro atoms. The van der Waals surface area contributed by atoms with Crippen molar-refractivity contribution in [3.8, 4) is 0 Å². The van der Waals surface area contributed by atoms with Crippen molar-refractivity contribution in [1.82, 2.24) is 0 Å². The Labute approximate surface area is 91.5 Å². The minimum atomic E-state index is 0.862. The van der Waals surface area contributed by atoms with Gasteiger partial charge < -0.3 is 0 Å². The number of hydrogen-bond donors (Lipinski definition) is 0. The first-order valence-electron chi connectivity index (χ1n) is 6.51. The van der Waals surface area contributed by atoms with Crippen LogP contribution in [0, 0.1) is 23.7 Å². The Morgan fingerprint density at radius 2 is 0.929 bits per heavy atom. The van der Waals surface area contributed by atoms with Crippen molar-refractivity contribution in [3.63, 3.8) is 0 Å². The van der Waals surface area contributed by atoms with Crippen LogP contribution in [-0.2, 0) is 0 Å². The van der Waals surface area contributed by atoms with Gasteiger partial charge in [-0.3, -0.25) is 0 Å². The van der Waals surface area contributed by atoms with Gasteiger partial charge in [0.25, 0.3) is 0 Å². The van der Waals surface area contributed by atoms with Gasteiger partial charge in [0.15, 0.2) is 0 Å². The predicted octanol–water partition coefficient (Wildman–Crippen LogP) is 5.13. The highest BCUT2D eigenvalue weighted by atomic mass is 14.3. The van der Waals surface area contributed by atoms with Gasteiger partial charge in [0, 0.05) is 0 Å².